The van der Waals surface area contributed by atoms with Crippen molar-refractivity contribution < 1.29 is 12.8 Å². The maximum atomic E-state index is 14.1. The summed E-state index contributed by atoms with van der Waals surface area (Å²) < 4.78 is 41.8. The molecule has 30 heavy (non-hydrogen) atoms. The summed E-state index contributed by atoms with van der Waals surface area (Å²) in [5.41, 5.74) is 7.45. The highest BCUT2D eigenvalue weighted by Gasteiger charge is 2.20. The van der Waals surface area contributed by atoms with Crippen LogP contribution < -0.4 is 5.73 Å². The van der Waals surface area contributed by atoms with Crippen molar-refractivity contribution in [2.75, 3.05) is 20.6 Å². The predicted molar refractivity (Wildman–Crippen MR) is 124 cm³/mol. The smallest absolute Gasteiger partial charge is 0.244 e. The largest absolute Gasteiger partial charge is 0.340 e. The summed E-state index contributed by atoms with van der Waals surface area (Å²) in [5.74, 6) is -0.358. The lowest BCUT2D eigenvalue weighted by molar-refractivity contribution is 0.520. The Balaban J connectivity index is 0.00000225. The fourth-order valence-corrected chi connectivity index (χ4v) is 3.97. The quantitative estimate of drug-likeness (QED) is 0.554. The third-order valence-electron chi connectivity index (χ3n) is 4.31. The van der Waals surface area contributed by atoms with Gasteiger partial charge in [0.1, 0.15) is 10.7 Å². The summed E-state index contributed by atoms with van der Waals surface area (Å²) >= 11 is 6.16. The zero-order valence-corrected chi connectivity index (χ0v) is 19.5. The minimum absolute atomic E-state index is 0. The number of allylic oxidation sites excluding steroid dienone is 1. The topological polar surface area (TPSA) is 81.2 Å². The van der Waals surface area contributed by atoms with Crippen molar-refractivity contribution in [2.45, 2.75) is 11.4 Å². The van der Waals surface area contributed by atoms with E-state index in [2.05, 4.69) is 4.98 Å². The molecule has 0 unspecified atom stereocenters. The number of fused-ring (bicyclic) bond motifs is 1. The molecule has 0 aliphatic heterocycles. The fraction of sp³-hybridized carbons (Fsp3) is 0.211. The van der Waals surface area contributed by atoms with Crippen molar-refractivity contribution in [3.8, 4) is 11.1 Å². The lowest BCUT2D eigenvalue weighted by Crippen LogP contribution is -2.22. The van der Waals surface area contributed by atoms with Gasteiger partial charge in [-0.2, -0.15) is 0 Å². The number of benzene rings is 1. The van der Waals surface area contributed by atoms with Crippen LogP contribution in [0, 0.1) is 0 Å². The second kappa shape index (κ2) is 10.6. The molecule has 3 rings (SSSR count). The minimum Gasteiger partial charge on any atom is -0.340 e. The van der Waals surface area contributed by atoms with Gasteiger partial charge in [-0.3, -0.25) is 4.98 Å². The van der Waals surface area contributed by atoms with Crippen LogP contribution in [0.3, 0.4) is 0 Å². The SMILES string of the molecule is CN(C)S(=O)(=O)c1cncc(-c2cn(CC(F)=CCN)c3ccc(Cl)cc23)c1.Cl.Cl. The first-order valence-electron chi connectivity index (χ1n) is 8.45. The normalized spacial score (nSPS) is 12.0. The summed E-state index contributed by atoms with van der Waals surface area (Å²) in [7, 11) is -0.716. The monoisotopic (exact) mass is 494 g/mol. The molecule has 2 N–H and O–H groups in total. The molecule has 0 radical (unpaired) electrons. The number of nitrogens with two attached hydrogens (primary N) is 1. The number of sulfonamides is 1. The standard InChI is InChI=1S/C19H20ClFN4O2S.2ClH/c1-24(2)28(26,27)16-7-13(9-23-10-16)18-12-25(11-15(21)5-6-22)19-4-3-14(20)8-17(18)19;;/h3-5,7-10,12H,6,11,22H2,1-2H3;2*1H. The zero-order valence-electron chi connectivity index (χ0n) is 16.2. The van der Waals surface area contributed by atoms with E-state index in [-0.39, 0.29) is 48.6 Å². The number of hydrogen-bond acceptors (Lipinski definition) is 4. The molecule has 1 aromatic carbocycles. The molecular formula is C19H22Cl3FN4O2S. The number of aromatic nitrogens is 2. The predicted octanol–water partition coefficient (Wildman–Crippen LogP) is 4.26. The number of halogens is 4. The van der Waals surface area contributed by atoms with E-state index in [4.69, 9.17) is 17.3 Å². The van der Waals surface area contributed by atoms with Crippen molar-refractivity contribution in [3.63, 3.8) is 0 Å². The Morgan fingerprint density at radius 3 is 2.60 bits per heavy atom. The van der Waals surface area contributed by atoms with Gasteiger partial charge in [0, 0.05) is 66.3 Å². The van der Waals surface area contributed by atoms with Gasteiger partial charge in [0.15, 0.2) is 0 Å². The summed E-state index contributed by atoms with van der Waals surface area (Å²) in [6, 6.07) is 6.83. The highest BCUT2D eigenvalue weighted by atomic mass is 35.5. The van der Waals surface area contributed by atoms with Gasteiger partial charge >= 0.3 is 0 Å². The van der Waals surface area contributed by atoms with E-state index in [9.17, 15) is 12.8 Å². The van der Waals surface area contributed by atoms with Crippen molar-refractivity contribution in [1.29, 1.82) is 0 Å². The Morgan fingerprint density at radius 2 is 1.97 bits per heavy atom. The van der Waals surface area contributed by atoms with Crippen LogP contribution in [0.1, 0.15) is 0 Å². The Hall–Kier alpha value is -1.68. The van der Waals surface area contributed by atoms with Crippen LogP contribution in [-0.4, -0.2) is 42.9 Å². The van der Waals surface area contributed by atoms with Crippen LogP contribution in [0.25, 0.3) is 22.0 Å². The molecule has 11 heteroatoms. The Kier molecular flexibility index (Phi) is 9.28. The second-order valence-corrected chi connectivity index (χ2v) is 9.00. The zero-order chi connectivity index (χ0) is 20.5. The molecule has 0 saturated carbocycles. The van der Waals surface area contributed by atoms with Gasteiger partial charge in [-0.1, -0.05) is 11.6 Å². The number of pyridine rings is 1. The lowest BCUT2D eigenvalue weighted by Gasteiger charge is -2.11. The Bertz CT molecular complexity index is 1160. The van der Waals surface area contributed by atoms with Crippen molar-refractivity contribution in [1.82, 2.24) is 13.9 Å². The second-order valence-electron chi connectivity index (χ2n) is 6.42. The first kappa shape index (κ1) is 26.4. The molecule has 0 fully saturated rings. The van der Waals surface area contributed by atoms with Crippen molar-refractivity contribution >= 4 is 57.3 Å². The van der Waals surface area contributed by atoms with Crippen LogP contribution in [0.15, 0.2) is 59.7 Å². The summed E-state index contributed by atoms with van der Waals surface area (Å²) in [5, 5.41) is 1.30. The third kappa shape index (κ3) is 5.32. The molecule has 0 aliphatic rings. The molecule has 0 bridgehead atoms. The molecule has 6 nitrogen and oxygen atoms in total. The van der Waals surface area contributed by atoms with Gasteiger partial charge < -0.3 is 10.3 Å². The van der Waals surface area contributed by atoms with Crippen LogP contribution in [-0.2, 0) is 16.6 Å². The highest BCUT2D eigenvalue weighted by molar-refractivity contribution is 7.89. The van der Waals surface area contributed by atoms with Crippen LogP contribution >= 0.6 is 36.4 Å². The molecule has 2 heterocycles. The van der Waals surface area contributed by atoms with Gasteiger partial charge in [0.2, 0.25) is 10.0 Å². The Morgan fingerprint density at radius 1 is 1.27 bits per heavy atom. The van der Waals surface area contributed by atoms with Gasteiger partial charge in [0.25, 0.3) is 0 Å². The fourth-order valence-electron chi connectivity index (χ4n) is 2.90. The molecule has 0 amide bonds. The highest BCUT2D eigenvalue weighted by Crippen LogP contribution is 2.33. The van der Waals surface area contributed by atoms with E-state index >= 15 is 0 Å². The van der Waals surface area contributed by atoms with E-state index in [1.807, 2.05) is 0 Å². The first-order chi connectivity index (χ1) is 13.2. The van der Waals surface area contributed by atoms with Crippen LogP contribution in [0.2, 0.25) is 5.02 Å². The molecule has 0 atom stereocenters. The van der Waals surface area contributed by atoms with E-state index in [1.165, 1.54) is 26.4 Å². The summed E-state index contributed by atoms with van der Waals surface area (Å²) in [4.78, 5) is 4.16. The van der Waals surface area contributed by atoms with Crippen molar-refractivity contribution in [2.24, 2.45) is 5.73 Å². The molecule has 0 aliphatic carbocycles. The molecule has 0 spiro atoms. The average Bonchev–Trinajstić information content (AvgIpc) is 2.99. The number of nitrogens with zero attached hydrogens (tertiary/aromatic N) is 3. The lowest BCUT2D eigenvalue weighted by atomic mass is 10.1. The van der Waals surface area contributed by atoms with Gasteiger partial charge in [-0.15, -0.1) is 24.8 Å². The maximum absolute atomic E-state index is 14.1. The van der Waals surface area contributed by atoms with E-state index in [0.717, 1.165) is 15.2 Å². The van der Waals surface area contributed by atoms with Gasteiger partial charge in [-0.25, -0.2) is 17.1 Å². The first-order valence-corrected chi connectivity index (χ1v) is 10.3. The average molecular weight is 496 g/mol. The summed E-state index contributed by atoms with van der Waals surface area (Å²) in [6.45, 7) is 0.122. The van der Waals surface area contributed by atoms with E-state index in [1.54, 1.807) is 41.2 Å². The van der Waals surface area contributed by atoms with Gasteiger partial charge in [0.05, 0.1) is 6.54 Å². The van der Waals surface area contributed by atoms with Crippen molar-refractivity contribution in [3.05, 3.63) is 59.8 Å². The van der Waals surface area contributed by atoms with E-state index < -0.39 is 10.0 Å². The molecule has 0 saturated heterocycles. The van der Waals surface area contributed by atoms with E-state index in [0.29, 0.717) is 16.1 Å². The van der Waals surface area contributed by atoms with Crippen LogP contribution in [0.4, 0.5) is 4.39 Å². The summed E-state index contributed by atoms with van der Waals surface area (Å²) in [6.07, 6.45) is 5.94. The van der Waals surface area contributed by atoms with Crippen LogP contribution in [0.5, 0.6) is 0 Å². The molecule has 3 aromatic rings. The maximum Gasteiger partial charge on any atom is 0.244 e. The Labute approximate surface area is 192 Å². The number of rotatable bonds is 6. The molecular weight excluding hydrogens is 474 g/mol. The van der Waals surface area contributed by atoms with Gasteiger partial charge in [-0.05, 0) is 30.3 Å². The third-order valence-corrected chi connectivity index (χ3v) is 6.32. The molecule has 164 valence electrons. The number of hydrogen-bond donors (Lipinski definition) is 1. The molecule has 2 aromatic heterocycles. The minimum atomic E-state index is -3.63.